The highest BCUT2D eigenvalue weighted by atomic mass is 19.4. The molecule has 0 unspecified atom stereocenters. The van der Waals surface area contributed by atoms with E-state index in [4.69, 9.17) is 5.11 Å². The number of benzene rings is 2. The SMILES string of the molecule is O=C(Nc1cc([N+](=O)[O-])ccc1C(=O)O)c1cc(C(F)(F)F)cc(C(F)(F)F)c1. The summed E-state index contributed by atoms with van der Waals surface area (Å²) in [5, 5.41) is 21.7. The monoisotopic (exact) mass is 422 g/mol. The van der Waals surface area contributed by atoms with Gasteiger partial charge in [-0.25, -0.2) is 4.79 Å². The van der Waals surface area contributed by atoms with Gasteiger partial charge in [0.05, 0.1) is 27.3 Å². The lowest BCUT2D eigenvalue weighted by Crippen LogP contribution is -2.18. The molecule has 0 aliphatic rings. The molecule has 2 aromatic carbocycles. The van der Waals surface area contributed by atoms with Crippen molar-refractivity contribution in [2.75, 3.05) is 5.32 Å². The highest BCUT2D eigenvalue weighted by Gasteiger charge is 2.37. The van der Waals surface area contributed by atoms with Gasteiger partial charge in [-0.1, -0.05) is 0 Å². The molecule has 29 heavy (non-hydrogen) atoms. The largest absolute Gasteiger partial charge is 0.478 e. The number of carboxylic acid groups (broad SMARTS) is 1. The second-order valence-corrected chi connectivity index (χ2v) is 5.54. The molecule has 0 fully saturated rings. The predicted molar refractivity (Wildman–Crippen MR) is 84.5 cm³/mol. The molecule has 0 saturated carbocycles. The summed E-state index contributed by atoms with van der Waals surface area (Å²) in [7, 11) is 0. The third-order valence-electron chi connectivity index (χ3n) is 3.54. The van der Waals surface area contributed by atoms with E-state index in [-0.39, 0.29) is 18.2 Å². The molecule has 0 aliphatic heterocycles. The van der Waals surface area contributed by atoms with E-state index in [0.717, 1.165) is 12.1 Å². The van der Waals surface area contributed by atoms with Gasteiger partial charge in [0.25, 0.3) is 11.6 Å². The van der Waals surface area contributed by atoms with Gasteiger partial charge < -0.3 is 10.4 Å². The molecule has 154 valence electrons. The Morgan fingerprint density at radius 3 is 1.86 bits per heavy atom. The van der Waals surface area contributed by atoms with Crippen LogP contribution in [-0.4, -0.2) is 21.9 Å². The Bertz CT molecular complexity index is 968. The number of rotatable bonds is 4. The minimum absolute atomic E-state index is 0.141. The third kappa shape index (κ3) is 5.00. The van der Waals surface area contributed by atoms with E-state index in [9.17, 15) is 46.0 Å². The van der Waals surface area contributed by atoms with Crippen molar-refractivity contribution in [1.29, 1.82) is 0 Å². The summed E-state index contributed by atoms with van der Waals surface area (Å²) in [6.45, 7) is 0. The predicted octanol–water partition coefficient (Wildman–Crippen LogP) is 4.58. The van der Waals surface area contributed by atoms with E-state index < -0.39 is 62.8 Å². The summed E-state index contributed by atoms with van der Waals surface area (Å²) in [6.07, 6.45) is -10.4. The number of alkyl halides is 6. The van der Waals surface area contributed by atoms with Gasteiger partial charge in [-0.3, -0.25) is 14.9 Å². The maximum Gasteiger partial charge on any atom is 0.416 e. The minimum Gasteiger partial charge on any atom is -0.478 e. The van der Waals surface area contributed by atoms with Crippen LogP contribution in [0.25, 0.3) is 0 Å². The Morgan fingerprint density at radius 1 is 0.931 bits per heavy atom. The van der Waals surface area contributed by atoms with Crippen LogP contribution in [0.1, 0.15) is 31.8 Å². The van der Waals surface area contributed by atoms with Crippen LogP contribution in [0.5, 0.6) is 0 Å². The molecule has 2 aromatic rings. The zero-order chi connectivity index (χ0) is 22.1. The van der Waals surface area contributed by atoms with Crippen molar-refractivity contribution in [2.45, 2.75) is 12.4 Å². The number of nitrogens with zero attached hydrogens (tertiary/aromatic N) is 1. The van der Waals surface area contributed by atoms with Crippen LogP contribution in [-0.2, 0) is 12.4 Å². The van der Waals surface area contributed by atoms with Crippen LogP contribution in [0.2, 0.25) is 0 Å². The van der Waals surface area contributed by atoms with Crippen LogP contribution < -0.4 is 5.32 Å². The van der Waals surface area contributed by atoms with Crippen molar-refractivity contribution >= 4 is 23.3 Å². The lowest BCUT2D eigenvalue weighted by atomic mass is 10.0. The molecule has 0 aliphatic carbocycles. The number of carboxylic acids is 1. The zero-order valence-corrected chi connectivity index (χ0v) is 13.8. The second kappa shape index (κ2) is 7.41. The second-order valence-electron chi connectivity index (χ2n) is 5.54. The van der Waals surface area contributed by atoms with Crippen molar-refractivity contribution in [1.82, 2.24) is 0 Å². The van der Waals surface area contributed by atoms with E-state index >= 15 is 0 Å². The van der Waals surface area contributed by atoms with Gasteiger partial charge in [0.15, 0.2) is 0 Å². The van der Waals surface area contributed by atoms with Crippen LogP contribution in [0.4, 0.5) is 37.7 Å². The maximum absolute atomic E-state index is 12.9. The molecule has 0 aromatic heterocycles. The van der Waals surface area contributed by atoms with Gasteiger partial charge in [0, 0.05) is 17.7 Å². The fraction of sp³-hybridized carbons (Fsp3) is 0.125. The molecule has 2 N–H and O–H groups in total. The summed E-state index contributed by atoms with van der Waals surface area (Å²) in [5.41, 5.74) is -6.58. The number of nitro benzene ring substituents is 1. The summed E-state index contributed by atoms with van der Waals surface area (Å²) in [6, 6.07) is 2.26. The Morgan fingerprint density at radius 2 is 1.45 bits per heavy atom. The zero-order valence-electron chi connectivity index (χ0n) is 13.8. The van der Waals surface area contributed by atoms with Gasteiger partial charge in [0.2, 0.25) is 0 Å². The number of hydrogen-bond donors (Lipinski definition) is 2. The normalized spacial score (nSPS) is 11.8. The molecule has 0 radical (unpaired) electrons. The number of anilines is 1. The summed E-state index contributed by atoms with van der Waals surface area (Å²) in [5.74, 6) is -3.17. The Kier molecular flexibility index (Phi) is 5.53. The lowest BCUT2D eigenvalue weighted by Gasteiger charge is -2.14. The number of nitrogens with one attached hydrogen (secondary N) is 1. The molecular weight excluding hydrogens is 414 g/mol. The van der Waals surface area contributed by atoms with Gasteiger partial charge in [-0.05, 0) is 24.3 Å². The molecule has 0 atom stereocenters. The van der Waals surface area contributed by atoms with E-state index in [0.29, 0.717) is 6.07 Å². The fourth-order valence-corrected chi connectivity index (χ4v) is 2.22. The molecule has 0 spiro atoms. The molecule has 1 amide bonds. The van der Waals surface area contributed by atoms with Crippen LogP contribution in [0.3, 0.4) is 0 Å². The number of carbonyl (C=O) groups excluding carboxylic acids is 1. The first-order valence-corrected chi connectivity index (χ1v) is 7.32. The van der Waals surface area contributed by atoms with Crippen molar-refractivity contribution in [3.63, 3.8) is 0 Å². The molecule has 13 heteroatoms. The third-order valence-corrected chi connectivity index (χ3v) is 3.54. The summed E-state index contributed by atoms with van der Waals surface area (Å²) in [4.78, 5) is 33.3. The molecule has 7 nitrogen and oxygen atoms in total. The van der Waals surface area contributed by atoms with E-state index in [1.54, 1.807) is 5.32 Å². The number of halogens is 6. The topological polar surface area (TPSA) is 110 Å². The number of hydrogen-bond acceptors (Lipinski definition) is 4. The van der Waals surface area contributed by atoms with Gasteiger partial charge in [-0.15, -0.1) is 0 Å². The highest BCUT2D eigenvalue weighted by Crippen LogP contribution is 2.36. The van der Waals surface area contributed by atoms with Crippen molar-refractivity contribution in [3.05, 3.63) is 68.8 Å². The summed E-state index contributed by atoms with van der Waals surface area (Å²) < 4.78 is 77.3. The first-order valence-electron chi connectivity index (χ1n) is 7.32. The van der Waals surface area contributed by atoms with Gasteiger partial charge in [-0.2, -0.15) is 26.3 Å². The Balaban J connectivity index is 2.54. The van der Waals surface area contributed by atoms with Crippen LogP contribution in [0, 0.1) is 10.1 Å². The summed E-state index contributed by atoms with van der Waals surface area (Å²) >= 11 is 0. The van der Waals surface area contributed by atoms with Crippen molar-refractivity contribution in [2.24, 2.45) is 0 Å². The molecule has 0 heterocycles. The molecule has 0 bridgehead atoms. The van der Waals surface area contributed by atoms with Crippen molar-refractivity contribution in [3.8, 4) is 0 Å². The number of non-ortho nitro benzene ring substituents is 1. The fourth-order valence-electron chi connectivity index (χ4n) is 2.22. The van der Waals surface area contributed by atoms with E-state index in [1.807, 2.05) is 0 Å². The first-order chi connectivity index (χ1) is 13.2. The van der Waals surface area contributed by atoms with Gasteiger partial charge in [0.1, 0.15) is 0 Å². The average Bonchev–Trinajstić information content (AvgIpc) is 2.59. The number of nitro groups is 1. The van der Waals surface area contributed by atoms with Crippen molar-refractivity contribution < 1.29 is 46.0 Å². The maximum atomic E-state index is 12.9. The standard InChI is InChI=1S/C16H8F6N2O5/c17-15(18,19)8-3-7(4-9(5-8)16(20,21)22)13(25)23-12-6-10(24(28)29)1-2-11(12)14(26)27/h1-6H,(H,23,25)(H,26,27). The van der Waals surface area contributed by atoms with E-state index in [1.165, 1.54) is 0 Å². The Labute approximate surface area is 156 Å². The van der Waals surface area contributed by atoms with Crippen LogP contribution >= 0.6 is 0 Å². The molecular formula is C16H8F6N2O5. The number of aromatic carboxylic acids is 1. The lowest BCUT2D eigenvalue weighted by molar-refractivity contribution is -0.384. The Hall–Kier alpha value is -3.64. The smallest absolute Gasteiger partial charge is 0.416 e. The minimum atomic E-state index is -5.20. The first kappa shape index (κ1) is 21.7. The highest BCUT2D eigenvalue weighted by molar-refractivity contribution is 6.08. The quantitative estimate of drug-likeness (QED) is 0.426. The van der Waals surface area contributed by atoms with E-state index in [2.05, 4.69) is 0 Å². The van der Waals surface area contributed by atoms with Crippen LogP contribution in [0.15, 0.2) is 36.4 Å². The molecule has 2 rings (SSSR count). The van der Waals surface area contributed by atoms with Gasteiger partial charge >= 0.3 is 18.3 Å². The number of amides is 1. The average molecular weight is 422 g/mol. The number of carbonyl (C=O) groups is 2. The molecule has 0 saturated heterocycles.